The fourth-order valence-corrected chi connectivity index (χ4v) is 3.02. The molecule has 0 saturated heterocycles. The summed E-state index contributed by atoms with van der Waals surface area (Å²) < 4.78 is 5.67. The third kappa shape index (κ3) is 4.74. The van der Waals surface area contributed by atoms with E-state index in [2.05, 4.69) is 42.5 Å². The number of rotatable bonds is 6. The molecule has 0 N–H and O–H groups in total. The van der Waals surface area contributed by atoms with Crippen molar-refractivity contribution in [2.24, 2.45) is 0 Å². The molecule has 0 aliphatic rings. The third-order valence-corrected chi connectivity index (χ3v) is 4.22. The average Bonchev–Trinajstić information content (AvgIpc) is 2.41. The van der Waals surface area contributed by atoms with Crippen LogP contribution in [0.25, 0.3) is 0 Å². The van der Waals surface area contributed by atoms with Gasteiger partial charge in [-0.05, 0) is 0 Å². The maximum absolute atomic E-state index is 5.67. The van der Waals surface area contributed by atoms with Crippen LogP contribution in [0.3, 0.4) is 0 Å². The summed E-state index contributed by atoms with van der Waals surface area (Å²) in [5.74, 6) is 0. The zero-order valence-electron chi connectivity index (χ0n) is 9.71. The average molecular weight is 291 g/mol. The standard InChI is InChI=1S/C15H16OSe/c1-3-7-14(8-4-1)11-16-13-17-12-15-9-5-2-6-10-15/h1-10H,11-13H2. The summed E-state index contributed by atoms with van der Waals surface area (Å²) in [7, 11) is 0. The van der Waals surface area contributed by atoms with Gasteiger partial charge in [-0.25, -0.2) is 0 Å². The summed E-state index contributed by atoms with van der Waals surface area (Å²) in [6.45, 7) is 0.734. The van der Waals surface area contributed by atoms with Gasteiger partial charge >= 0.3 is 109 Å². The Morgan fingerprint density at radius 3 is 2.00 bits per heavy atom. The van der Waals surface area contributed by atoms with E-state index in [0.29, 0.717) is 15.0 Å². The molecule has 0 bridgehead atoms. The van der Waals surface area contributed by atoms with Crippen LogP contribution in [0.1, 0.15) is 11.1 Å². The first-order valence-corrected chi connectivity index (χ1v) is 8.11. The molecule has 2 aromatic rings. The Bertz CT molecular complexity index is 372. The van der Waals surface area contributed by atoms with E-state index in [1.54, 1.807) is 0 Å². The first-order chi connectivity index (χ1) is 8.45. The predicted molar refractivity (Wildman–Crippen MR) is 72.0 cm³/mol. The summed E-state index contributed by atoms with van der Waals surface area (Å²) in [6.07, 6.45) is 0. The van der Waals surface area contributed by atoms with E-state index in [1.165, 1.54) is 11.1 Å². The molecule has 0 aliphatic carbocycles. The minimum absolute atomic E-state index is 0.538. The first-order valence-electron chi connectivity index (χ1n) is 5.68. The van der Waals surface area contributed by atoms with Gasteiger partial charge in [0.25, 0.3) is 0 Å². The monoisotopic (exact) mass is 292 g/mol. The topological polar surface area (TPSA) is 9.23 Å². The molecule has 88 valence electrons. The van der Waals surface area contributed by atoms with Crippen LogP contribution in [-0.2, 0) is 16.7 Å². The maximum atomic E-state index is 5.67. The van der Waals surface area contributed by atoms with Gasteiger partial charge < -0.3 is 0 Å². The van der Waals surface area contributed by atoms with Gasteiger partial charge in [-0.1, -0.05) is 0 Å². The van der Waals surface area contributed by atoms with Crippen LogP contribution in [0.4, 0.5) is 0 Å². The normalized spacial score (nSPS) is 10.4. The second-order valence-electron chi connectivity index (χ2n) is 3.79. The summed E-state index contributed by atoms with van der Waals surface area (Å²) in [5.41, 5.74) is 3.55. The summed E-state index contributed by atoms with van der Waals surface area (Å²) in [6, 6.07) is 20.9. The molecule has 0 spiro atoms. The SMILES string of the molecule is c1ccc(COC[Se]Cc2ccccc2)cc1. The van der Waals surface area contributed by atoms with Crippen LogP contribution in [0, 0.1) is 0 Å². The molecule has 0 aliphatic heterocycles. The predicted octanol–water partition coefficient (Wildman–Crippen LogP) is 3.07. The zero-order valence-corrected chi connectivity index (χ0v) is 11.4. The van der Waals surface area contributed by atoms with Crippen molar-refractivity contribution in [2.75, 3.05) is 5.51 Å². The van der Waals surface area contributed by atoms with Gasteiger partial charge in [0, 0.05) is 0 Å². The molecule has 17 heavy (non-hydrogen) atoms. The number of benzene rings is 2. The Morgan fingerprint density at radius 2 is 1.35 bits per heavy atom. The van der Waals surface area contributed by atoms with Crippen molar-refractivity contribution in [1.82, 2.24) is 0 Å². The second-order valence-corrected chi connectivity index (χ2v) is 5.74. The van der Waals surface area contributed by atoms with E-state index < -0.39 is 0 Å². The van der Waals surface area contributed by atoms with E-state index >= 15 is 0 Å². The van der Waals surface area contributed by atoms with E-state index in [0.717, 1.165) is 17.4 Å². The fraction of sp³-hybridized carbons (Fsp3) is 0.200. The second kappa shape index (κ2) is 7.29. The summed E-state index contributed by atoms with van der Waals surface area (Å²) >= 11 is 0.538. The van der Waals surface area contributed by atoms with Crippen molar-refractivity contribution in [3.8, 4) is 0 Å². The molecular weight excluding hydrogens is 275 g/mol. The molecular formula is C15H16OSe. The van der Waals surface area contributed by atoms with Crippen LogP contribution >= 0.6 is 0 Å². The Labute approximate surface area is 109 Å². The molecule has 2 rings (SSSR count). The number of hydrogen-bond donors (Lipinski definition) is 0. The van der Waals surface area contributed by atoms with Gasteiger partial charge in [-0.3, -0.25) is 0 Å². The molecule has 2 aromatic carbocycles. The molecule has 0 atom stereocenters. The van der Waals surface area contributed by atoms with E-state index in [-0.39, 0.29) is 0 Å². The van der Waals surface area contributed by atoms with Crippen molar-refractivity contribution < 1.29 is 4.74 Å². The third-order valence-electron chi connectivity index (χ3n) is 2.39. The van der Waals surface area contributed by atoms with E-state index in [9.17, 15) is 0 Å². The minimum atomic E-state index is 0.538. The van der Waals surface area contributed by atoms with Crippen molar-refractivity contribution >= 4 is 15.0 Å². The Morgan fingerprint density at radius 1 is 0.765 bits per heavy atom. The Balaban J connectivity index is 1.61. The van der Waals surface area contributed by atoms with Crippen molar-refractivity contribution in [2.45, 2.75) is 11.9 Å². The van der Waals surface area contributed by atoms with Crippen LogP contribution in [0.2, 0.25) is 0 Å². The van der Waals surface area contributed by atoms with Crippen LogP contribution in [0.15, 0.2) is 60.7 Å². The number of hydrogen-bond acceptors (Lipinski definition) is 1. The Hall–Kier alpha value is -1.08. The van der Waals surface area contributed by atoms with Crippen molar-refractivity contribution in [3.05, 3.63) is 71.8 Å². The summed E-state index contributed by atoms with van der Waals surface area (Å²) in [5, 5.41) is 1.16. The van der Waals surface area contributed by atoms with Crippen molar-refractivity contribution in [3.63, 3.8) is 0 Å². The number of ether oxygens (including phenoxy) is 1. The van der Waals surface area contributed by atoms with Gasteiger partial charge in [0.05, 0.1) is 0 Å². The Kier molecular flexibility index (Phi) is 5.30. The first kappa shape index (κ1) is 12.4. The molecule has 0 radical (unpaired) electrons. The van der Waals surface area contributed by atoms with Crippen molar-refractivity contribution in [1.29, 1.82) is 0 Å². The quantitative estimate of drug-likeness (QED) is 0.587. The molecule has 0 saturated carbocycles. The molecule has 1 nitrogen and oxygen atoms in total. The molecule has 0 unspecified atom stereocenters. The van der Waals surface area contributed by atoms with Crippen LogP contribution < -0.4 is 0 Å². The van der Waals surface area contributed by atoms with Gasteiger partial charge in [-0.15, -0.1) is 0 Å². The molecule has 0 fully saturated rings. The fourth-order valence-electron chi connectivity index (χ4n) is 1.53. The van der Waals surface area contributed by atoms with Gasteiger partial charge in [0.1, 0.15) is 0 Å². The van der Waals surface area contributed by atoms with Crippen LogP contribution in [0.5, 0.6) is 0 Å². The molecule has 0 heterocycles. The van der Waals surface area contributed by atoms with Crippen LogP contribution in [-0.4, -0.2) is 20.5 Å². The van der Waals surface area contributed by atoms with E-state index in [4.69, 9.17) is 4.74 Å². The zero-order chi connectivity index (χ0) is 11.8. The van der Waals surface area contributed by atoms with Gasteiger partial charge in [-0.2, -0.15) is 0 Å². The molecule has 2 heteroatoms. The molecule has 0 amide bonds. The van der Waals surface area contributed by atoms with Gasteiger partial charge in [0.2, 0.25) is 0 Å². The molecule has 0 aromatic heterocycles. The van der Waals surface area contributed by atoms with E-state index in [1.807, 2.05) is 18.2 Å². The van der Waals surface area contributed by atoms with Gasteiger partial charge in [0.15, 0.2) is 0 Å². The summed E-state index contributed by atoms with van der Waals surface area (Å²) in [4.78, 5) is 0.